The molecule has 55 heavy (non-hydrogen) atoms. The first-order chi connectivity index (χ1) is 26.8. The van der Waals surface area contributed by atoms with E-state index in [1.54, 1.807) is 0 Å². The molecule has 2 atom stereocenters. The minimum Gasteiger partial charge on any atom is -0.462 e. The van der Waals surface area contributed by atoms with Crippen LogP contribution in [0.4, 0.5) is 0 Å². The highest BCUT2D eigenvalue weighted by molar-refractivity contribution is 7.47. The lowest BCUT2D eigenvalue weighted by molar-refractivity contribution is -0.161. The van der Waals surface area contributed by atoms with E-state index in [0.717, 1.165) is 51.4 Å². The molecule has 0 radical (unpaired) electrons. The summed E-state index contributed by atoms with van der Waals surface area (Å²) in [5, 5.41) is 0. The zero-order chi connectivity index (χ0) is 40.3. The Hall–Kier alpha value is -1.51. The molecule has 9 nitrogen and oxygen atoms in total. The molecule has 0 spiro atoms. The summed E-state index contributed by atoms with van der Waals surface area (Å²) in [7, 11) is -4.38. The Bertz CT molecular complexity index is 959. The second-order valence-corrected chi connectivity index (χ2v) is 16.7. The summed E-state index contributed by atoms with van der Waals surface area (Å²) in [6.45, 7) is 3.73. The van der Waals surface area contributed by atoms with Crippen molar-refractivity contribution in [2.45, 2.75) is 225 Å². The van der Waals surface area contributed by atoms with Gasteiger partial charge in [-0.2, -0.15) is 0 Å². The third-order valence-electron chi connectivity index (χ3n) is 9.84. The average molecular weight is 800 g/mol. The number of carbonyl (C=O) groups is 2. The van der Waals surface area contributed by atoms with E-state index in [-0.39, 0.29) is 38.6 Å². The zero-order valence-corrected chi connectivity index (χ0v) is 36.6. The molecule has 0 aromatic carbocycles. The Morgan fingerprint density at radius 2 is 0.945 bits per heavy atom. The number of hydrogen-bond acceptors (Lipinski definition) is 8. The third kappa shape index (κ3) is 41.9. The molecule has 3 N–H and O–H groups in total. The Balaban J connectivity index is 4.11. The van der Waals surface area contributed by atoms with E-state index in [1.807, 2.05) is 0 Å². The van der Waals surface area contributed by atoms with Crippen molar-refractivity contribution >= 4 is 19.8 Å². The number of hydrogen-bond donors (Lipinski definition) is 2. The molecule has 0 heterocycles. The second kappa shape index (κ2) is 42.1. The van der Waals surface area contributed by atoms with Gasteiger partial charge in [-0.15, -0.1) is 0 Å². The number of phosphoric acid groups is 1. The molecular weight excluding hydrogens is 713 g/mol. The third-order valence-corrected chi connectivity index (χ3v) is 10.8. The van der Waals surface area contributed by atoms with E-state index in [1.165, 1.54) is 135 Å². The van der Waals surface area contributed by atoms with Crippen molar-refractivity contribution in [3.63, 3.8) is 0 Å². The molecule has 1 unspecified atom stereocenters. The van der Waals surface area contributed by atoms with Gasteiger partial charge in [0.2, 0.25) is 0 Å². The molecule has 0 saturated carbocycles. The highest BCUT2D eigenvalue weighted by Gasteiger charge is 2.26. The fourth-order valence-electron chi connectivity index (χ4n) is 6.43. The van der Waals surface area contributed by atoms with E-state index in [0.29, 0.717) is 6.42 Å². The van der Waals surface area contributed by atoms with Crippen molar-refractivity contribution in [2.24, 2.45) is 5.73 Å². The van der Waals surface area contributed by atoms with Gasteiger partial charge in [0.15, 0.2) is 6.10 Å². The van der Waals surface area contributed by atoms with Crippen molar-refractivity contribution in [3.8, 4) is 0 Å². The first kappa shape index (κ1) is 53.5. The van der Waals surface area contributed by atoms with Gasteiger partial charge in [-0.1, -0.05) is 186 Å². The van der Waals surface area contributed by atoms with Gasteiger partial charge in [-0.3, -0.25) is 18.6 Å². The number of ether oxygens (including phenoxy) is 2. The smallest absolute Gasteiger partial charge is 0.462 e. The second-order valence-electron chi connectivity index (χ2n) is 15.3. The van der Waals surface area contributed by atoms with Crippen molar-refractivity contribution < 1.29 is 37.6 Å². The lowest BCUT2D eigenvalue weighted by atomic mass is 10.0. The molecule has 0 aliphatic heterocycles. The van der Waals surface area contributed by atoms with Crippen LogP contribution in [-0.2, 0) is 32.7 Å². The van der Waals surface area contributed by atoms with Crippen LogP contribution in [0.15, 0.2) is 24.3 Å². The first-order valence-electron chi connectivity index (χ1n) is 22.8. The number of esters is 2. The molecule has 0 saturated heterocycles. The SMILES string of the molecule is CCCCC/C=C\C/C=C\CCCCCCCCCC(=O)O[C@H](COC(=O)CCCCCCCCCCCCCCCCCCC)COP(=O)(O)OCCN. The number of nitrogens with two attached hydrogens (primary N) is 1. The van der Waals surface area contributed by atoms with E-state index in [2.05, 4.69) is 38.2 Å². The predicted octanol–water partition coefficient (Wildman–Crippen LogP) is 13.2. The van der Waals surface area contributed by atoms with Gasteiger partial charge < -0.3 is 20.1 Å². The number of carbonyl (C=O) groups excluding carboxylic acids is 2. The molecule has 0 aliphatic rings. The number of rotatable bonds is 43. The highest BCUT2D eigenvalue weighted by atomic mass is 31.2. The van der Waals surface area contributed by atoms with Crippen molar-refractivity contribution in [1.29, 1.82) is 0 Å². The molecule has 0 rings (SSSR count). The Morgan fingerprint density at radius 3 is 1.42 bits per heavy atom. The summed E-state index contributed by atoms with van der Waals surface area (Å²) in [6.07, 6.45) is 44.9. The molecule has 0 aliphatic carbocycles. The van der Waals surface area contributed by atoms with Crippen molar-refractivity contribution in [3.05, 3.63) is 24.3 Å². The average Bonchev–Trinajstić information content (AvgIpc) is 3.17. The van der Waals surface area contributed by atoms with Crippen LogP contribution in [-0.4, -0.2) is 49.3 Å². The van der Waals surface area contributed by atoms with E-state index in [9.17, 15) is 19.0 Å². The molecule has 0 aromatic rings. The molecule has 0 amide bonds. The summed E-state index contributed by atoms with van der Waals surface area (Å²) < 4.78 is 32.8. The maximum Gasteiger partial charge on any atom is 0.472 e. The van der Waals surface area contributed by atoms with Gasteiger partial charge in [0.25, 0.3) is 0 Å². The monoisotopic (exact) mass is 800 g/mol. The summed E-state index contributed by atoms with van der Waals surface area (Å²) >= 11 is 0. The Morgan fingerprint density at radius 1 is 0.545 bits per heavy atom. The van der Waals surface area contributed by atoms with Gasteiger partial charge in [-0.05, 0) is 44.9 Å². The van der Waals surface area contributed by atoms with Gasteiger partial charge in [0.1, 0.15) is 6.61 Å². The zero-order valence-electron chi connectivity index (χ0n) is 35.7. The Kier molecular flexibility index (Phi) is 40.9. The summed E-state index contributed by atoms with van der Waals surface area (Å²) in [5.74, 6) is -0.828. The molecule has 324 valence electrons. The number of unbranched alkanes of at least 4 members (excludes halogenated alkanes) is 26. The largest absolute Gasteiger partial charge is 0.472 e. The van der Waals surface area contributed by atoms with Gasteiger partial charge >= 0.3 is 19.8 Å². The van der Waals surface area contributed by atoms with Crippen molar-refractivity contribution in [2.75, 3.05) is 26.4 Å². The molecular formula is C45H86NO8P. The van der Waals surface area contributed by atoms with Crippen LogP contribution in [0.5, 0.6) is 0 Å². The molecule has 0 aromatic heterocycles. The number of phosphoric ester groups is 1. The summed E-state index contributed by atoms with van der Waals surface area (Å²) in [5.41, 5.74) is 5.35. The van der Waals surface area contributed by atoms with Gasteiger partial charge in [0.05, 0.1) is 13.2 Å². The van der Waals surface area contributed by atoms with Gasteiger partial charge in [0, 0.05) is 19.4 Å². The highest BCUT2D eigenvalue weighted by Crippen LogP contribution is 2.43. The maximum atomic E-state index is 12.6. The standard InChI is InChI=1S/C45H86NO8P/c1-3-5-7-9-11-13-15-17-19-21-23-25-27-29-31-33-35-37-44(47)51-41-43(42-53-55(49,50)52-40-39-46)54-45(48)38-36-34-32-30-28-26-24-22-20-18-16-14-12-10-8-6-4-2/h12,14,18,20,43H,3-11,13,15-17,19,21-42,46H2,1-2H3,(H,49,50)/b14-12-,20-18-/t43-/m1/s1. The van der Waals surface area contributed by atoms with E-state index < -0.39 is 26.5 Å². The van der Waals surface area contributed by atoms with Crippen LogP contribution in [0.25, 0.3) is 0 Å². The number of allylic oxidation sites excluding steroid dienone is 4. The van der Waals surface area contributed by atoms with E-state index >= 15 is 0 Å². The molecule has 0 bridgehead atoms. The van der Waals surface area contributed by atoms with Crippen LogP contribution in [0.2, 0.25) is 0 Å². The van der Waals surface area contributed by atoms with Crippen molar-refractivity contribution in [1.82, 2.24) is 0 Å². The minimum atomic E-state index is -4.38. The summed E-state index contributed by atoms with van der Waals surface area (Å²) in [6, 6.07) is 0. The molecule has 10 heteroatoms. The van der Waals surface area contributed by atoms with Crippen LogP contribution in [0.1, 0.15) is 219 Å². The van der Waals surface area contributed by atoms with Crippen LogP contribution in [0, 0.1) is 0 Å². The lowest BCUT2D eigenvalue weighted by Crippen LogP contribution is -2.29. The minimum absolute atomic E-state index is 0.0536. The topological polar surface area (TPSA) is 134 Å². The van der Waals surface area contributed by atoms with Crippen LogP contribution in [0.3, 0.4) is 0 Å². The predicted molar refractivity (Wildman–Crippen MR) is 229 cm³/mol. The first-order valence-corrected chi connectivity index (χ1v) is 24.3. The fourth-order valence-corrected chi connectivity index (χ4v) is 7.20. The van der Waals surface area contributed by atoms with Crippen LogP contribution < -0.4 is 5.73 Å². The maximum absolute atomic E-state index is 12.6. The van der Waals surface area contributed by atoms with Gasteiger partial charge in [-0.25, -0.2) is 4.57 Å². The van der Waals surface area contributed by atoms with Crippen LogP contribution >= 0.6 is 7.82 Å². The van der Waals surface area contributed by atoms with E-state index in [4.69, 9.17) is 24.3 Å². The normalized spacial score (nSPS) is 13.5. The molecule has 0 fully saturated rings. The quantitative estimate of drug-likeness (QED) is 0.0267. The summed E-state index contributed by atoms with van der Waals surface area (Å²) in [4.78, 5) is 34.9. The fraction of sp³-hybridized carbons (Fsp3) is 0.867. The Labute approximate surface area is 338 Å². The lowest BCUT2D eigenvalue weighted by Gasteiger charge is -2.19.